The molecule has 0 amide bonds. The van der Waals surface area contributed by atoms with E-state index in [1.54, 1.807) is 11.8 Å². The van der Waals surface area contributed by atoms with Gasteiger partial charge in [-0.2, -0.15) is 5.10 Å². The summed E-state index contributed by atoms with van der Waals surface area (Å²) in [6, 6.07) is 0. The Hall–Kier alpha value is -1.13. The van der Waals surface area contributed by atoms with Crippen LogP contribution >= 0.6 is 11.6 Å². The number of rotatable bonds is 5. The van der Waals surface area contributed by atoms with E-state index in [0.717, 1.165) is 31.3 Å². The average molecular weight is 283 g/mol. The maximum atomic E-state index is 12.6. The minimum absolute atomic E-state index is 0.0144. The molecule has 0 unspecified atom stereocenters. The summed E-state index contributed by atoms with van der Waals surface area (Å²) < 4.78 is 6.66. The molecule has 2 rings (SSSR count). The van der Waals surface area contributed by atoms with E-state index in [1.807, 2.05) is 0 Å². The highest BCUT2D eigenvalue weighted by atomic mass is 35.5. The molecule has 1 aromatic rings. The van der Waals surface area contributed by atoms with Gasteiger partial charge in [0, 0.05) is 7.11 Å². The van der Waals surface area contributed by atoms with Gasteiger partial charge < -0.3 is 4.74 Å². The summed E-state index contributed by atoms with van der Waals surface area (Å²) in [7, 11) is 1.63. The van der Waals surface area contributed by atoms with E-state index in [-0.39, 0.29) is 5.78 Å². The number of methoxy groups -OCH3 is 1. The lowest BCUT2D eigenvalue weighted by Crippen LogP contribution is -2.15. The molecule has 0 atom stereocenters. The number of aromatic nitrogens is 2. The van der Waals surface area contributed by atoms with Gasteiger partial charge in [0.05, 0.1) is 24.4 Å². The van der Waals surface area contributed by atoms with Gasteiger partial charge in [-0.3, -0.25) is 9.48 Å². The number of hydrogen-bond acceptors (Lipinski definition) is 3. The second kappa shape index (κ2) is 6.87. The first-order chi connectivity index (χ1) is 9.24. The minimum Gasteiger partial charge on any atom is -0.383 e. The lowest BCUT2D eigenvalue weighted by atomic mass is 10.0. The highest BCUT2D eigenvalue weighted by Gasteiger charge is 2.21. The number of carbonyl (C=O) groups excluding carboxylic acids is 1. The van der Waals surface area contributed by atoms with Gasteiger partial charge in [-0.15, -0.1) is 0 Å². The van der Waals surface area contributed by atoms with Crippen molar-refractivity contribution >= 4 is 17.4 Å². The summed E-state index contributed by atoms with van der Waals surface area (Å²) in [5.74, 6) is 0.0144. The standard InChI is InChI=1S/C14H19ClN2O2/c1-19-9-8-17-13(12(15)10-16-17)14(18)11-6-4-2-3-5-7-11/h6,10H,2-5,7-9H2,1H3. The summed E-state index contributed by atoms with van der Waals surface area (Å²) in [5.41, 5.74) is 1.37. The number of ether oxygens (including phenoxy) is 1. The van der Waals surface area contributed by atoms with E-state index in [1.165, 1.54) is 12.6 Å². The van der Waals surface area contributed by atoms with E-state index in [4.69, 9.17) is 16.3 Å². The number of hydrogen-bond donors (Lipinski definition) is 0. The van der Waals surface area contributed by atoms with Crippen molar-refractivity contribution in [3.05, 3.63) is 28.6 Å². The average Bonchev–Trinajstić information content (AvgIpc) is 2.64. The van der Waals surface area contributed by atoms with E-state index in [0.29, 0.717) is 23.9 Å². The van der Waals surface area contributed by atoms with Crippen molar-refractivity contribution in [2.75, 3.05) is 13.7 Å². The molecule has 4 nitrogen and oxygen atoms in total. The first kappa shape index (κ1) is 14.3. The van der Waals surface area contributed by atoms with Crippen LogP contribution in [0.15, 0.2) is 17.8 Å². The van der Waals surface area contributed by atoms with Crippen LogP contribution in [0.25, 0.3) is 0 Å². The van der Waals surface area contributed by atoms with Crippen LogP contribution < -0.4 is 0 Å². The lowest BCUT2D eigenvalue weighted by molar-refractivity contribution is 0.101. The Morgan fingerprint density at radius 2 is 2.32 bits per heavy atom. The topological polar surface area (TPSA) is 44.1 Å². The first-order valence-electron chi connectivity index (χ1n) is 6.68. The smallest absolute Gasteiger partial charge is 0.208 e. The number of allylic oxidation sites excluding steroid dienone is 2. The van der Waals surface area contributed by atoms with Crippen LogP contribution in [0.4, 0.5) is 0 Å². The summed E-state index contributed by atoms with van der Waals surface area (Å²) in [5, 5.41) is 4.57. The predicted molar refractivity (Wildman–Crippen MR) is 74.6 cm³/mol. The SMILES string of the molecule is COCCn1ncc(Cl)c1C(=O)C1=CCCCCC1. The Kier molecular flexibility index (Phi) is 5.16. The van der Waals surface area contributed by atoms with Crippen molar-refractivity contribution in [1.82, 2.24) is 9.78 Å². The molecule has 1 aliphatic carbocycles. The predicted octanol–water partition coefficient (Wildman–Crippen LogP) is 3.26. The third-order valence-electron chi connectivity index (χ3n) is 3.35. The van der Waals surface area contributed by atoms with Crippen LogP contribution in [0.3, 0.4) is 0 Å². The number of halogens is 1. The number of carbonyl (C=O) groups is 1. The molecule has 0 saturated carbocycles. The maximum absolute atomic E-state index is 12.6. The molecule has 0 radical (unpaired) electrons. The molecule has 1 aliphatic rings. The molecule has 0 aromatic carbocycles. The Labute approximate surface area is 118 Å². The molecule has 1 heterocycles. The molecule has 0 fully saturated rings. The summed E-state index contributed by atoms with van der Waals surface area (Å²) in [6.45, 7) is 1.05. The molecular weight excluding hydrogens is 264 g/mol. The molecule has 104 valence electrons. The molecule has 5 heteroatoms. The highest BCUT2D eigenvalue weighted by Crippen LogP contribution is 2.24. The Balaban J connectivity index is 2.22. The van der Waals surface area contributed by atoms with Crippen molar-refractivity contribution in [2.24, 2.45) is 0 Å². The quantitative estimate of drug-likeness (QED) is 0.779. The van der Waals surface area contributed by atoms with E-state index in [9.17, 15) is 4.79 Å². The van der Waals surface area contributed by atoms with Crippen molar-refractivity contribution in [1.29, 1.82) is 0 Å². The Morgan fingerprint density at radius 1 is 1.47 bits per heavy atom. The normalized spacial score (nSPS) is 16.0. The third kappa shape index (κ3) is 3.45. The van der Waals surface area contributed by atoms with Crippen LogP contribution in [-0.2, 0) is 11.3 Å². The van der Waals surface area contributed by atoms with Gasteiger partial charge in [0.1, 0.15) is 5.69 Å². The summed E-state index contributed by atoms with van der Waals surface area (Å²) >= 11 is 6.11. The lowest BCUT2D eigenvalue weighted by Gasteiger charge is -2.08. The van der Waals surface area contributed by atoms with Crippen molar-refractivity contribution in [3.8, 4) is 0 Å². The van der Waals surface area contributed by atoms with Crippen LogP contribution in [0.2, 0.25) is 5.02 Å². The van der Waals surface area contributed by atoms with Crippen LogP contribution in [0.5, 0.6) is 0 Å². The van der Waals surface area contributed by atoms with Crippen LogP contribution in [0, 0.1) is 0 Å². The zero-order valence-corrected chi connectivity index (χ0v) is 11.9. The molecule has 0 bridgehead atoms. The summed E-state index contributed by atoms with van der Waals surface area (Å²) in [6.07, 6.45) is 8.81. The fourth-order valence-electron chi connectivity index (χ4n) is 2.31. The molecule has 1 aromatic heterocycles. The molecule has 0 N–H and O–H groups in total. The second-order valence-corrected chi connectivity index (χ2v) is 5.12. The van der Waals surface area contributed by atoms with Crippen molar-refractivity contribution < 1.29 is 9.53 Å². The number of Topliss-reactive ketones (excluding diaryl/α,β-unsaturated/α-hetero) is 1. The number of ketones is 1. The van der Waals surface area contributed by atoms with Gasteiger partial charge in [-0.25, -0.2) is 0 Å². The Morgan fingerprint density at radius 3 is 3.11 bits per heavy atom. The fourth-order valence-corrected chi connectivity index (χ4v) is 2.54. The zero-order chi connectivity index (χ0) is 13.7. The van der Waals surface area contributed by atoms with Crippen molar-refractivity contribution in [3.63, 3.8) is 0 Å². The fraction of sp³-hybridized carbons (Fsp3) is 0.571. The third-order valence-corrected chi connectivity index (χ3v) is 3.63. The molecule has 19 heavy (non-hydrogen) atoms. The first-order valence-corrected chi connectivity index (χ1v) is 7.06. The van der Waals surface area contributed by atoms with Gasteiger partial charge in [0.2, 0.25) is 5.78 Å². The van der Waals surface area contributed by atoms with Crippen molar-refractivity contribution in [2.45, 2.75) is 38.6 Å². The van der Waals surface area contributed by atoms with Gasteiger partial charge in [-0.05, 0) is 31.3 Å². The highest BCUT2D eigenvalue weighted by molar-refractivity contribution is 6.34. The summed E-state index contributed by atoms with van der Waals surface area (Å²) in [4.78, 5) is 12.6. The largest absolute Gasteiger partial charge is 0.383 e. The van der Waals surface area contributed by atoms with E-state index < -0.39 is 0 Å². The second-order valence-electron chi connectivity index (χ2n) is 4.71. The monoisotopic (exact) mass is 282 g/mol. The molecule has 0 spiro atoms. The maximum Gasteiger partial charge on any atom is 0.208 e. The molecule has 0 aliphatic heterocycles. The Bertz CT molecular complexity index is 480. The van der Waals surface area contributed by atoms with Crippen LogP contribution in [0.1, 0.15) is 42.6 Å². The van der Waals surface area contributed by atoms with Gasteiger partial charge >= 0.3 is 0 Å². The number of nitrogens with zero attached hydrogens (tertiary/aromatic N) is 2. The minimum atomic E-state index is 0.0144. The zero-order valence-electron chi connectivity index (χ0n) is 11.2. The van der Waals surface area contributed by atoms with Gasteiger partial charge in [-0.1, -0.05) is 24.1 Å². The van der Waals surface area contributed by atoms with Crippen LogP contribution in [-0.4, -0.2) is 29.3 Å². The van der Waals surface area contributed by atoms with Gasteiger partial charge in [0.25, 0.3) is 0 Å². The molecule has 0 saturated heterocycles. The molecular formula is C14H19ClN2O2. The van der Waals surface area contributed by atoms with E-state index >= 15 is 0 Å². The van der Waals surface area contributed by atoms with E-state index in [2.05, 4.69) is 11.2 Å². The van der Waals surface area contributed by atoms with Gasteiger partial charge in [0.15, 0.2) is 0 Å².